The number of aryl methyl sites for hydroxylation is 1. The zero-order valence-corrected chi connectivity index (χ0v) is 16.3. The van der Waals surface area contributed by atoms with Gasteiger partial charge in [-0.05, 0) is 59.4 Å². The maximum Gasteiger partial charge on any atom is 0.323 e. The van der Waals surface area contributed by atoms with Crippen LogP contribution in [0.5, 0.6) is 0 Å². The number of carboxylic acid groups (broad SMARTS) is 1. The molecule has 1 amide bonds. The Hall–Kier alpha value is -2.44. The minimum atomic E-state index is -0.981. The lowest BCUT2D eigenvalue weighted by molar-refractivity contribution is -0.137. The van der Waals surface area contributed by atoms with Crippen molar-refractivity contribution in [2.75, 3.05) is 6.54 Å². The van der Waals surface area contributed by atoms with Crippen LogP contribution in [0.1, 0.15) is 74.1 Å². The number of aliphatic carboxylic acids is 1. The van der Waals surface area contributed by atoms with E-state index in [0.717, 1.165) is 48.1 Å². The molecule has 2 aromatic heterocycles. The van der Waals surface area contributed by atoms with Crippen molar-refractivity contribution in [3.63, 3.8) is 0 Å². The minimum absolute atomic E-state index is 0.0270. The lowest BCUT2D eigenvalue weighted by atomic mass is 10.1. The Morgan fingerprint density at radius 2 is 1.93 bits per heavy atom. The third kappa shape index (κ3) is 3.31. The van der Waals surface area contributed by atoms with Gasteiger partial charge in [-0.3, -0.25) is 9.59 Å². The van der Waals surface area contributed by atoms with Crippen LogP contribution in [0.4, 0.5) is 0 Å². The second-order valence-electron chi connectivity index (χ2n) is 8.79. The van der Waals surface area contributed by atoms with E-state index >= 15 is 0 Å². The quantitative estimate of drug-likeness (QED) is 0.874. The van der Waals surface area contributed by atoms with E-state index in [1.807, 2.05) is 17.7 Å². The molecule has 0 spiro atoms. The SMILES string of the molecule is Cc1nn(C(C)(C)C)c2nc(C3CC3)cc(C(=O)N(CC(=O)O)C3CC3)c12. The van der Waals surface area contributed by atoms with Crippen molar-refractivity contribution in [3.05, 3.63) is 23.0 Å². The van der Waals surface area contributed by atoms with Crippen LogP contribution in [-0.2, 0) is 10.3 Å². The molecule has 0 radical (unpaired) electrons. The number of amides is 1. The number of carboxylic acids is 1. The van der Waals surface area contributed by atoms with Crippen molar-refractivity contribution in [1.29, 1.82) is 0 Å². The van der Waals surface area contributed by atoms with Crippen molar-refractivity contribution in [3.8, 4) is 0 Å². The molecule has 27 heavy (non-hydrogen) atoms. The highest BCUT2D eigenvalue weighted by atomic mass is 16.4. The minimum Gasteiger partial charge on any atom is -0.480 e. The number of carbonyl (C=O) groups excluding carboxylic acids is 1. The number of carbonyl (C=O) groups is 2. The Bertz CT molecular complexity index is 933. The summed E-state index contributed by atoms with van der Waals surface area (Å²) in [4.78, 5) is 31.0. The van der Waals surface area contributed by atoms with Crippen LogP contribution in [-0.4, -0.2) is 49.2 Å². The van der Waals surface area contributed by atoms with Gasteiger partial charge in [0.25, 0.3) is 5.91 Å². The van der Waals surface area contributed by atoms with Crippen molar-refractivity contribution in [2.24, 2.45) is 0 Å². The standard InChI is InChI=1S/C20H26N4O3/c1-11-17-14(19(27)23(10-16(25)26)13-7-8-13)9-15(12-5-6-12)21-18(17)24(22-11)20(2,3)4/h9,12-13H,5-8,10H2,1-4H3,(H,25,26). The smallest absolute Gasteiger partial charge is 0.323 e. The first-order valence-corrected chi connectivity index (χ1v) is 9.60. The first-order chi connectivity index (χ1) is 12.7. The molecule has 0 aliphatic heterocycles. The van der Waals surface area contributed by atoms with Gasteiger partial charge in [0.1, 0.15) is 6.54 Å². The summed E-state index contributed by atoms with van der Waals surface area (Å²) in [6, 6.07) is 1.90. The van der Waals surface area contributed by atoms with Crippen LogP contribution in [0.15, 0.2) is 6.07 Å². The first-order valence-electron chi connectivity index (χ1n) is 9.60. The Labute approximate surface area is 158 Å². The molecule has 4 rings (SSSR count). The van der Waals surface area contributed by atoms with Crippen molar-refractivity contribution < 1.29 is 14.7 Å². The summed E-state index contributed by atoms with van der Waals surface area (Å²) in [5.74, 6) is -0.811. The number of hydrogen-bond donors (Lipinski definition) is 1. The molecule has 144 valence electrons. The molecule has 0 aromatic carbocycles. The van der Waals surface area contributed by atoms with E-state index in [1.165, 1.54) is 4.90 Å². The Balaban J connectivity index is 1.89. The second-order valence-corrected chi connectivity index (χ2v) is 8.79. The zero-order chi connectivity index (χ0) is 19.5. The normalized spacial score (nSPS) is 17.3. The average molecular weight is 370 g/mol. The number of aromatic nitrogens is 3. The number of hydrogen-bond acceptors (Lipinski definition) is 4. The van der Waals surface area contributed by atoms with Gasteiger partial charge in [0.2, 0.25) is 0 Å². The monoisotopic (exact) mass is 370 g/mol. The predicted molar refractivity (Wildman–Crippen MR) is 101 cm³/mol. The van der Waals surface area contributed by atoms with E-state index in [9.17, 15) is 14.7 Å². The summed E-state index contributed by atoms with van der Waals surface area (Å²) in [5.41, 5.74) is 2.67. The number of nitrogens with zero attached hydrogens (tertiary/aromatic N) is 4. The Morgan fingerprint density at radius 1 is 1.26 bits per heavy atom. The fraction of sp³-hybridized carbons (Fsp3) is 0.600. The summed E-state index contributed by atoms with van der Waals surface area (Å²) in [5, 5.41) is 14.7. The molecule has 7 nitrogen and oxygen atoms in total. The summed E-state index contributed by atoms with van der Waals surface area (Å²) >= 11 is 0. The maximum absolute atomic E-state index is 13.4. The van der Waals surface area contributed by atoms with E-state index in [4.69, 9.17) is 4.98 Å². The second kappa shape index (κ2) is 6.04. The van der Waals surface area contributed by atoms with Gasteiger partial charge in [-0.1, -0.05) is 0 Å². The van der Waals surface area contributed by atoms with E-state index in [1.54, 1.807) is 0 Å². The molecule has 2 fully saturated rings. The highest BCUT2D eigenvalue weighted by Gasteiger charge is 2.37. The third-order valence-corrected chi connectivity index (χ3v) is 5.25. The van der Waals surface area contributed by atoms with E-state index in [2.05, 4.69) is 25.9 Å². The van der Waals surface area contributed by atoms with E-state index in [0.29, 0.717) is 11.5 Å². The van der Waals surface area contributed by atoms with Gasteiger partial charge in [-0.2, -0.15) is 5.10 Å². The lowest BCUT2D eigenvalue weighted by Gasteiger charge is -2.22. The molecule has 0 saturated heterocycles. The fourth-order valence-corrected chi connectivity index (χ4v) is 3.59. The third-order valence-electron chi connectivity index (χ3n) is 5.25. The molecule has 2 aliphatic rings. The average Bonchev–Trinajstić information content (AvgIpc) is 3.48. The number of rotatable bonds is 5. The summed E-state index contributed by atoms with van der Waals surface area (Å²) in [7, 11) is 0. The molecule has 2 heterocycles. The number of fused-ring (bicyclic) bond motifs is 1. The van der Waals surface area contributed by atoms with Gasteiger partial charge in [0, 0.05) is 17.7 Å². The van der Waals surface area contributed by atoms with Crippen LogP contribution >= 0.6 is 0 Å². The molecule has 1 N–H and O–H groups in total. The molecule has 2 aromatic rings. The molecule has 0 bridgehead atoms. The van der Waals surface area contributed by atoms with Gasteiger partial charge < -0.3 is 10.0 Å². The summed E-state index contributed by atoms with van der Waals surface area (Å²) < 4.78 is 1.89. The van der Waals surface area contributed by atoms with Gasteiger partial charge in [0.05, 0.1) is 22.2 Å². The topological polar surface area (TPSA) is 88.3 Å². The highest BCUT2D eigenvalue weighted by Crippen LogP contribution is 2.41. The molecule has 2 aliphatic carbocycles. The first kappa shape index (κ1) is 17.9. The molecule has 0 atom stereocenters. The predicted octanol–water partition coefficient (Wildman–Crippen LogP) is 3.06. The molecule has 7 heteroatoms. The largest absolute Gasteiger partial charge is 0.480 e. The highest BCUT2D eigenvalue weighted by molar-refractivity contribution is 6.07. The van der Waals surface area contributed by atoms with Crippen LogP contribution < -0.4 is 0 Å². The molecule has 0 unspecified atom stereocenters. The van der Waals surface area contributed by atoms with Gasteiger partial charge in [0.15, 0.2) is 5.65 Å². The van der Waals surface area contributed by atoms with Crippen molar-refractivity contribution >= 4 is 22.9 Å². The Morgan fingerprint density at radius 3 is 2.44 bits per heavy atom. The van der Waals surface area contributed by atoms with Crippen LogP contribution in [0, 0.1) is 6.92 Å². The van der Waals surface area contributed by atoms with Gasteiger partial charge in [-0.15, -0.1) is 0 Å². The lowest BCUT2D eigenvalue weighted by Crippen LogP contribution is -2.37. The maximum atomic E-state index is 13.4. The van der Waals surface area contributed by atoms with E-state index in [-0.39, 0.29) is 24.0 Å². The van der Waals surface area contributed by atoms with Crippen LogP contribution in [0.2, 0.25) is 0 Å². The molecular formula is C20H26N4O3. The molecule has 2 saturated carbocycles. The van der Waals surface area contributed by atoms with Crippen LogP contribution in [0.25, 0.3) is 11.0 Å². The molecular weight excluding hydrogens is 344 g/mol. The number of pyridine rings is 1. The Kier molecular flexibility index (Phi) is 4.01. The van der Waals surface area contributed by atoms with Crippen molar-refractivity contribution in [1.82, 2.24) is 19.7 Å². The summed E-state index contributed by atoms with van der Waals surface area (Å²) in [6.45, 7) is 7.81. The fourth-order valence-electron chi connectivity index (χ4n) is 3.59. The zero-order valence-electron chi connectivity index (χ0n) is 16.3. The van der Waals surface area contributed by atoms with Crippen LogP contribution in [0.3, 0.4) is 0 Å². The van der Waals surface area contributed by atoms with Gasteiger partial charge >= 0.3 is 5.97 Å². The summed E-state index contributed by atoms with van der Waals surface area (Å²) in [6.07, 6.45) is 3.89. The van der Waals surface area contributed by atoms with E-state index < -0.39 is 5.97 Å². The van der Waals surface area contributed by atoms with Gasteiger partial charge in [-0.25, -0.2) is 9.67 Å². The van der Waals surface area contributed by atoms with Crippen molar-refractivity contribution in [2.45, 2.75) is 70.9 Å².